The van der Waals surface area contributed by atoms with Gasteiger partial charge in [-0.15, -0.1) is 5.10 Å². The van der Waals surface area contributed by atoms with Crippen LogP contribution >= 0.6 is 0 Å². The Bertz CT molecular complexity index is 345. The Balaban J connectivity index is 1.78. The van der Waals surface area contributed by atoms with Crippen molar-refractivity contribution in [3.05, 3.63) is 12.4 Å². The van der Waals surface area contributed by atoms with Crippen molar-refractivity contribution in [2.75, 3.05) is 26.7 Å². The third kappa shape index (κ3) is 3.52. The second kappa shape index (κ2) is 5.77. The van der Waals surface area contributed by atoms with E-state index >= 15 is 0 Å². The molecule has 17 heavy (non-hydrogen) atoms. The van der Waals surface area contributed by atoms with Crippen molar-refractivity contribution in [2.45, 2.75) is 19.4 Å². The number of hydrogen-bond acceptors (Lipinski definition) is 4. The number of piperidine rings is 1. The Morgan fingerprint density at radius 3 is 2.94 bits per heavy atom. The first-order valence-electron chi connectivity index (χ1n) is 6.04. The topological polar surface area (TPSA) is 63.1 Å². The molecule has 0 radical (unpaired) electrons. The molecule has 1 aromatic heterocycles. The summed E-state index contributed by atoms with van der Waals surface area (Å²) in [5.74, 6) is 0.718. The number of carbonyl (C=O) groups is 1. The maximum Gasteiger partial charge on any atom is 0.244 e. The van der Waals surface area contributed by atoms with E-state index in [1.54, 1.807) is 22.0 Å². The quantitative estimate of drug-likeness (QED) is 0.783. The molecule has 0 bridgehead atoms. The van der Waals surface area contributed by atoms with Crippen LogP contribution in [0.5, 0.6) is 0 Å². The van der Waals surface area contributed by atoms with E-state index in [1.165, 1.54) is 0 Å². The molecule has 1 aliphatic rings. The standard InChI is InChI=1S/C11H19N5O/c1-15(8-10-2-4-12-5-3-10)11(17)9-16-7-6-13-14-16/h6-7,10,12H,2-5,8-9H2,1H3. The van der Waals surface area contributed by atoms with Crippen molar-refractivity contribution < 1.29 is 4.79 Å². The molecule has 1 aromatic rings. The zero-order chi connectivity index (χ0) is 12.1. The van der Waals surface area contributed by atoms with Crippen LogP contribution in [0.2, 0.25) is 0 Å². The second-order valence-corrected chi connectivity index (χ2v) is 4.57. The largest absolute Gasteiger partial charge is 0.344 e. The maximum absolute atomic E-state index is 11.9. The summed E-state index contributed by atoms with van der Waals surface area (Å²) in [6.07, 6.45) is 5.60. The first-order chi connectivity index (χ1) is 8.25. The highest BCUT2D eigenvalue weighted by molar-refractivity contribution is 5.75. The first kappa shape index (κ1) is 12.0. The van der Waals surface area contributed by atoms with Crippen LogP contribution in [-0.4, -0.2) is 52.5 Å². The molecular formula is C11H19N5O. The van der Waals surface area contributed by atoms with Gasteiger partial charge in [0.15, 0.2) is 0 Å². The zero-order valence-corrected chi connectivity index (χ0v) is 10.2. The molecule has 0 saturated carbocycles. The van der Waals surface area contributed by atoms with E-state index in [0.29, 0.717) is 5.92 Å². The van der Waals surface area contributed by atoms with E-state index in [4.69, 9.17) is 0 Å². The van der Waals surface area contributed by atoms with Crippen LogP contribution in [0.4, 0.5) is 0 Å². The monoisotopic (exact) mass is 237 g/mol. The van der Waals surface area contributed by atoms with Gasteiger partial charge < -0.3 is 10.2 Å². The van der Waals surface area contributed by atoms with Gasteiger partial charge in [-0.1, -0.05) is 5.21 Å². The van der Waals surface area contributed by atoms with Crippen LogP contribution in [-0.2, 0) is 11.3 Å². The van der Waals surface area contributed by atoms with Crippen molar-refractivity contribution in [3.63, 3.8) is 0 Å². The number of hydrogen-bond donors (Lipinski definition) is 1. The second-order valence-electron chi connectivity index (χ2n) is 4.57. The lowest BCUT2D eigenvalue weighted by Gasteiger charge is -2.27. The highest BCUT2D eigenvalue weighted by Crippen LogP contribution is 2.12. The van der Waals surface area contributed by atoms with E-state index in [0.717, 1.165) is 32.5 Å². The van der Waals surface area contributed by atoms with E-state index < -0.39 is 0 Å². The number of nitrogens with one attached hydrogen (secondary N) is 1. The van der Waals surface area contributed by atoms with Gasteiger partial charge in [-0.05, 0) is 31.8 Å². The summed E-state index contributed by atoms with van der Waals surface area (Å²) < 4.78 is 1.56. The first-order valence-corrected chi connectivity index (χ1v) is 6.04. The van der Waals surface area contributed by atoms with Gasteiger partial charge in [0.05, 0.1) is 6.20 Å². The number of amides is 1. The lowest BCUT2D eigenvalue weighted by Crippen LogP contribution is -2.38. The van der Waals surface area contributed by atoms with Crippen LogP contribution in [0, 0.1) is 5.92 Å². The zero-order valence-electron chi connectivity index (χ0n) is 10.2. The van der Waals surface area contributed by atoms with Crippen LogP contribution in [0.3, 0.4) is 0 Å². The summed E-state index contributed by atoms with van der Waals surface area (Å²) in [6.45, 7) is 3.25. The molecule has 94 valence electrons. The average Bonchev–Trinajstić information content (AvgIpc) is 2.83. The average molecular weight is 237 g/mol. The Hall–Kier alpha value is -1.43. The van der Waals surface area contributed by atoms with E-state index in [9.17, 15) is 4.79 Å². The number of rotatable bonds is 4. The van der Waals surface area contributed by atoms with Crippen LogP contribution in [0.1, 0.15) is 12.8 Å². The van der Waals surface area contributed by atoms with Gasteiger partial charge in [0.25, 0.3) is 0 Å². The fraction of sp³-hybridized carbons (Fsp3) is 0.727. The highest BCUT2D eigenvalue weighted by atomic mass is 16.2. The molecule has 0 unspecified atom stereocenters. The van der Waals surface area contributed by atoms with Crippen molar-refractivity contribution >= 4 is 5.91 Å². The van der Waals surface area contributed by atoms with Crippen molar-refractivity contribution in [2.24, 2.45) is 5.92 Å². The van der Waals surface area contributed by atoms with Crippen LogP contribution in [0.15, 0.2) is 12.4 Å². The van der Waals surface area contributed by atoms with Crippen molar-refractivity contribution in [3.8, 4) is 0 Å². The Labute approximate surface area is 101 Å². The SMILES string of the molecule is CN(CC1CCNCC1)C(=O)Cn1ccnn1. The van der Waals surface area contributed by atoms with Gasteiger partial charge in [0.1, 0.15) is 6.54 Å². The molecule has 1 aliphatic heterocycles. The molecular weight excluding hydrogens is 218 g/mol. The lowest BCUT2D eigenvalue weighted by molar-refractivity contribution is -0.131. The molecule has 6 heteroatoms. The molecule has 0 aromatic carbocycles. The number of aromatic nitrogens is 3. The fourth-order valence-corrected chi connectivity index (χ4v) is 2.13. The number of carbonyl (C=O) groups excluding carboxylic acids is 1. The molecule has 1 amide bonds. The predicted octanol–water partition coefficient (Wildman–Crippen LogP) is -0.264. The molecule has 1 saturated heterocycles. The summed E-state index contributed by atoms with van der Waals surface area (Å²) in [4.78, 5) is 13.7. The van der Waals surface area contributed by atoms with E-state index in [-0.39, 0.29) is 12.5 Å². The third-order valence-electron chi connectivity index (χ3n) is 3.19. The third-order valence-corrected chi connectivity index (χ3v) is 3.19. The van der Waals surface area contributed by atoms with E-state index in [1.807, 2.05) is 7.05 Å². The maximum atomic E-state index is 11.9. The van der Waals surface area contributed by atoms with Gasteiger partial charge in [-0.2, -0.15) is 0 Å². The summed E-state index contributed by atoms with van der Waals surface area (Å²) in [5.41, 5.74) is 0. The van der Waals surface area contributed by atoms with Crippen LogP contribution in [0.25, 0.3) is 0 Å². The van der Waals surface area contributed by atoms with Gasteiger partial charge >= 0.3 is 0 Å². The van der Waals surface area contributed by atoms with Crippen molar-refractivity contribution in [1.29, 1.82) is 0 Å². The fourth-order valence-electron chi connectivity index (χ4n) is 2.13. The number of likely N-dealkylation sites (N-methyl/N-ethyl adjacent to an activating group) is 1. The van der Waals surface area contributed by atoms with Gasteiger partial charge in [0, 0.05) is 19.8 Å². The Morgan fingerprint density at radius 1 is 1.53 bits per heavy atom. The minimum atomic E-state index is 0.0917. The summed E-state index contributed by atoms with van der Waals surface area (Å²) in [7, 11) is 1.86. The molecule has 2 heterocycles. The van der Waals surface area contributed by atoms with Crippen LogP contribution < -0.4 is 5.32 Å². The summed E-state index contributed by atoms with van der Waals surface area (Å²) >= 11 is 0. The number of nitrogens with zero attached hydrogens (tertiary/aromatic N) is 4. The lowest BCUT2D eigenvalue weighted by atomic mass is 9.98. The minimum Gasteiger partial charge on any atom is -0.344 e. The van der Waals surface area contributed by atoms with Crippen molar-refractivity contribution in [1.82, 2.24) is 25.2 Å². The molecule has 0 aliphatic carbocycles. The molecule has 1 N–H and O–H groups in total. The normalized spacial score (nSPS) is 17.0. The van der Waals surface area contributed by atoms with E-state index in [2.05, 4.69) is 15.6 Å². The summed E-state index contributed by atoms with van der Waals surface area (Å²) in [5, 5.41) is 10.8. The predicted molar refractivity (Wildman–Crippen MR) is 63.3 cm³/mol. The summed E-state index contributed by atoms with van der Waals surface area (Å²) in [6, 6.07) is 0. The smallest absolute Gasteiger partial charge is 0.244 e. The molecule has 6 nitrogen and oxygen atoms in total. The molecule has 0 spiro atoms. The molecule has 1 fully saturated rings. The van der Waals surface area contributed by atoms with Gasteiger partial charge in [-0.3, -0.25) is 4.79 Å². The van der Waals surface area contributed by atoms with Gasteiger partial charge in [-0.25, -0.2) is 4.68 Å². The highest BCUT2D eigenvalue weighted by Gasteiger charge is 2.18. The molecule has 0 atom stereocenters. The van der Waals surface area contributed by atoms with Gasteiger partial charge in [0.2, 0.25) is 5.91 Å². The Morgan fingerprint density at radius 2 is 2.29 bits per heavy atom. The molecule has 2 rings (SSSR count). The minimum absolute atomic E-state index is 0.0917. The Kier molecular flexibility index (Phi) is 4.08.